The molecule has 1 aliphatic rings. The number of carbonyl (C=O) groups is 2. The van der Waals surface area contributed by atoms with E-state index in [0.29, 0.717) is 35.8 Å². The highest BCUT2D eigenvalue weighted by molar-refractivity contribution is 7.10. The van der Waals surface area contributed by atoms with Crippen molar-refractivity contribution >= 4 is 28.4 Å². The third-order valence-corrected chi connectivity index (χ3v) is 4.32. The second-order valence-corrected chi connectivity index (χ2v) is 5.73. The van der Waals surface area contributed by atoms with Gasteiger partial charge in [0.1, 0.15) is 10.6 Å². The number of amides is 1. The first-order valence-electron chi connectivity index (χ1n) is 7.28. The van der Waals surface area contributed by atoms with Crippen LogP contribution in [-0.2, 0) is 9.53 Å². The zero-order valence-corrected chi connectivity index (χ0v) is 13.3. The molecule has 21 heavy (non-hydrogen) atoms. The fourth-order valence-electron chi connectivity index (χ4n) is 2.34. The Balaban J connectivity index is 1.88. The summed E-state index contributed by atoms with van der Waals surface area (Å²) in [5, 5.41) is 3.82. The molecule has 1 amide bonds. The van der Waals surface area contributed by atoms with Crippen molar-refractivity contribution in [1.29, 1.82) is 0 Å². The summed E-state index contributed by atoms with van der Waals surface area (Å²) in [6.07, 6.45) is 2.62. The average Bonchev–Trinajstić information content (AvgIpc) is 3.09. The van der Waals surface area contributed by atoms with E-state index in [9.17, 15) is 9.59 Å². The van der Waals surface area contributed by atoms with Crippen LogP contribution in [0.3, 0.4) is 0 Å². The lowest BCUT2D eigenvalue weighted by Gasteiger charge is -2.15. The molecule has 1 N–H and O–H groups in total. The van der Waals surface area contributed by atoms with Crippen LogP contribution in [0.1, 0.15) is 42.2 Å². The first-order chi connectivity index (χ1) is 10.1. The van der Waals surface area contributed by atoms with Crippen molar-refractivity contribution in [3.05, 3.63) is 11.3 Å². The number of nitrogens with one attached hydrogen (secondary N) is 1. The van der Waals surface area contributed by atoms with Crippen LogP contribution in [0.2, 0.25) is 0 Å². The van der Waals surface area contributed by atoms with Crippen LogP contribution >= 0.6 is 11.5 Å². The number of nitrogens with zero attached hydrogens (tertiary/aromatic N) is 2. The number of ether oxygens (including phenoxy) is 1. The highest BCUT2D eigenvalue weighted by Gasteiger charge is 2.21. The molecule has 6 nitrogen and oxygen atoms in total. The van der Waals surface area contributed by atoms with Gasteiger partial charge in [0, 0.05) is 26.1 Å². The van der Waals surface area contributed by atoms with Gasteiger partial charge in [-0.1, -0.05) is 0 Å². The van der Waals surface area contributed by atoms with Crippen LogP contribution < -0.4 is 5.32 Å². The van der Waals surface area contributed by atoms with Crippen molar-refractivity contribution in [2.24, 2.45) is 0 Å². The molecule has 0 bridgehead atoms. The number of rotatable bonds is 6. The number of aryl methyl sites for hydroxylation is 1. The van der Waals surface area contributed by atoms with Crippen LogP contribution in [0, 0.1) is 6.92 Å². The summed E-state index contributed by atoms with van der Waals surface area (Å²) >= 11 is 1.23. The number of anilines is 1. The second-order valence-electron chi connectivity index (χ2n) is 4.96. The van der Waals surface area contributed by atoms with Gasteiger partial charge < -0.3 is 15.0 Å². The Hall–Kier alpha value is -1.63. The highest BCUT2D eigenvalue weighted by Crippen LogP contribution is 2.25. The maximum Gasteiger partial charge on any atom is 0.343 e. The highest BCUT2D eigenvalue weighted by atomic mass is 32.1. The fourth-order valence-corrected chi connectivity index (χ4v) is 3.15. The van der Waals surface area contributed by atoms with Crippen molar-refractivity contribution in [2.75, 3.05) is 31.6 Å². The van der Waals surface area contributed by atoms with Gasteiger partial charge in [-0.2, -0.15) is 4.37 Å². The van der Waals surface area contributed by atoms with E-state index in [0.717, 1.165) is 25.9 Å². The summed E-state index contributed by atoms with van der Waals surface area (Å²) in [5.74, 6) is -0.198. The average molecular weight is 311 g/mol. The van der Waals surface area contributed by atoms with Gasteiger partial charge in [-0.15, -0.1) is 0 Å². The molecule has 0 aliphatic carbocycles. The summed E-state index contributed by atoms with van der Waals surface area (Å²) in [6.45, 7) is 6.13. The lowest BCUT2D eigenvalue weighted by Crippen LogP contribution is -2.29. The van der Waals surface area contributed by atoms with E-state index in [4.69, 9.17) is 4.74 Å². The molecule has 2 heterocycles. The smallest absolute Gasteiger partial charge is 0.343 e. The van der Waals surface area contributed by atoms with Crippen LogP contribution in [0.4, 0.5) is 5.00 Å². The van der Waals surface area contributed by atoms with Crippen LogP contribution in [0.25, 0.3) is 0 Å². The standard InChI is InChI=1S/C14H21N3O3S/c1-3-20-14(19)12-10(2)16-21-13(12)15-7-6-11(18)17-8-4-5-9-17/h15H,3-9H2,1-2H3. The van der Waals surface area contributed by atoms with Crippen LogP contribution in [0.15, 0.2) is 0 Å². The summed E-state index contributed by atoms with van der Waals surface area (Å²) in [5.41, 5.74) is 1.14. The van der Waals surface area contributed by atoms with Gasteiger partial charge in [0.25, 0.3) is 0 Å². The third-order valence-electron chi connectivity index (χ3n) is 3.43. The normalized spacial score (nSPS) is 14.3. The van der Waals surface area contributed by atoms with E-state index in [2.05, 4.69) is 9.69 Å². The molecule has 1 aromatic rings. The first kappa shape index (κ1) is 15.8. The molecule has 0 radical (unpaired) electrons. The van der Waals surface area contributed by atoms with Gasteiger partial charge in [0.15, 0.2) is 0 Å². The Morgan fingerprint density at radius 1 is 1.38 bits per heavy atom. The molecule has 0 aromatic carbocycles. The zero-order chi connectivity index (χ0) is 15.2. The maximum atomic E-state index is 11.9. The Bertz CT molecular complexity index is 510. The maximum absolute atomic E-state index is 11.9. The number of esters is 1. The van der Waals surface area contributed by atoms with Crippen molar-refractivity contribution in [2.45, 2.75) is 33.1 Å². The van der Waals surface area contributed by atoms with E-state index in [1.165, 1.54) is 11.5 Å². The molecular formula is C14H21N3O3S. The summed E-state index contributed by atoms with van der Waals surface area (Å²) in [6, 6.07) is 0. The molecular weight excluding hydrogens is 290 g/mol. The van der Waals surface area contributed by atoms with Crippen molar-refractivity contribution in [1.82, 2.24) is 9.27 Å². The molecule has 1 aliphatic heterocycles. The van der Waals surface area contributed by atoms with Gasteiger partial charge in [0.2, 0.25) is 5.91 Å². The predicted molar refractivity (Wildman–Crippen MR) is 81.7 cm³/mol. The molecule has 1 saturated heterocycles. The van der Waals surface area contributed by atoms with Gasteiger partial charge >= 0.3 is 5.97 Å². The largest absolute Gasteiger partial charge is 0.462 e. The van der Waals surface area contributed by atoms with E-state index in [-0.39, 0.29) is 11.9 Å². The van der Waals surface area contributed by atoms with Gasteiger partial charge in [-0.05, 0) is 38.2 Å². The number of carbonyl (C=O) groups excluding carboxylic acids is 2. The van der Waals surface area contributed by atoms with Crippen molar-refractivity contribution < 1.29 is 14.3 Å². The lowest BCUT2D eigenvalue weighted by atomic mass is 10.2. The predicted octanol–water partition coefficient (Wildman–Crippen LogP) is 2.05. The molecule has 0 unspecified atom stereocenters. The molecule has 1 fully saturated rings. The van der Waals surface area contributed by atoms with Crippen molar-refractivity contribution in [3.63, 3.8) is 0 Å². The molecule has 0 spiro atoms. The van der Waals surface area contributed by atoms with Gasteiger partial charge in [-0.25, -0.2) is 4.79 Å². The quantitative estimate of drug-likeness (QED) is 0.814. The zero-order valence-electron chi connectivity index (χ0n) is 12.5. The van der Waals surface area contributed by atoms with E-state index in [1.807, 2.05) is 4.90 Å². The fraction of sp³-hybridized carbons (Fsp3) is 0.643. The van der Waals surface area contributed by atoms with Gasteiger partial charge in [-0.3, -0.25) is 4.79 Å². The van der Waals surface area contributed by atoms with Crippen molar-refractivity contribution in [3.8, 4) is 0 Å². The van der Waals surface area contributed by atoms with Crippen LogP contribution in [-0.4, -0.2) is 47.4 Å². The summed E-state index contributed by atoms with van der Waals surface area (Å²) in [7, 11) is 0. The summed E-state index contributed by atoms with van der Waals surface area (Å²) in [4.78, 5) is 25.7. The van der Waals surface area contributed by atoms with E-state index in [1.54, 1.807) is 13.8 Å². The summed E-state index contributed by atoms with van der Waals surface area (Å²) < 4.78 is 9.21. The molecule has 0 saturated carbocycles. The Morgan fingerprint density at radius 2 is 2.10 bits per heavy atom. The number of hydrogen-bond donors (Lipinski definition) is 1. The Labute approximate surface area is 128 Å². The number of hydrogen-bond acceptors (Lipinski definition) is 6. The molecule has 2 rings (SSSR count). The molecule has 1 aromatic heterocycles. The lowest BCUT2D eigenvalue weighted by molar-refractivity contribution is -0.129. The topological polar surface area (TPSA) is 71.5 Å². The SMILES string of the molecule is CCOC(=O)c1c(C)nsc1NCCC(=O)N1CCCC1. The Morgan fingerprint density at radius 3 is 2.76 bits per heavy atom. The van der Waals surface area contributed by atoms with E-state index < -0.39 is 0 Å². The Kier molecular flexibility index (Phi) is 5.55. The number of aromatic nitrogens is 1. The molecule has 116 valence electrons. The second kappa shape index (κ2) is 7.40. The minimum absolute atomic E-state index is 0.166. The monoisotopic (exact) mass is 311 g/mol. The minimum Gasteiger partial charge on any atom is -0.462 e. The van der Waals surface area contributed by atoms with Crippen LogP contribution in [0.5, 0.6) is 0 Å². The number of likely N-dealkylation sites (tertiary alicyclic amines) is 1. The third kappa shape index (κ3) is 3.93. The minimum atomic E-state index is -0.364. The van der Waals surface area contributed by atoms with E-state index >= 15 is 0 Å². The molecule has 0 atom stereocenters. The molecule has 7 heteroatoms. The first-order valence-corrected chi connectivity index (χ1v) is 8.06. The van der Waals surface area contributed by atoms with Gasteiger partial charge in [0.05, 0.1) is 12.3 Å².